The fourth-order valence-electron chi connectivity index (χ4n) is 3.49. The molecule has 4 rings (SSSR count). The Kier molecular flexibility index (Phi) is 6.54. The second-order valence-corrected chi connectivity index (χ2v) is 7.84. The summed E-state index contributed by atoms with van der Waals surface area (Å²) in [6.45, 7) is 3.05. The van der Waals surface area contributed by atoms with E-state index in [2.05, 4.69) is 63.4 Å². The number of benzene rings is 3. The lowest BCUT2D eigenvalue weighted by Crippen LogP contribution is -2.34. The summed E-state index contributed by atoms with van der Waals surface area (Å²) < 4.78 is 32.9. The molecule has 0 fully saturated rings. The summed E-state index contributed by atoms with van der Waals surface area (Å²) in [6, 6.07) is 20.5. The number of halogens is 4. The van der Waals surface area contributed by atoms with Crippen LogP contribution < -0.4 is 10.2 Å². The van der Waals surface area contributed by atoms with Gasteiger partial charge in [-0.1, -0.05) is 59.3 Å². The molecule has 0 saturated heterocycles. The van der Waals surface area contributed by atoms with E-state index in [1.807, 2.05) is 30.3 Å². The number of hydrogen-bond acceptors (Lipinski definition) is 2. The number of hydrogen-bond donors (Lipinski definition) is 3. The maximum atomic E-state index is 10.6. The van der Waals surface area contributed by atoms with Crippen molar-refractivity contribution >= 4 is 50.0 Å². The van der Waals surface area contributed by atoms with Gasteiger partial charge in [0.25, 0.3) is 0 Å². The van der Waals surface area contributed by atoms with Crippen LogP contribution in [-0.2, 0) is 4.79 Å². The lowest BCUT2D eigenvalue weighted by molar-refractivity contribution is -0.192. The predicted molar refractivity (Wildman–Crippen MR) is 119 cm³/mol. The lowest BCUT2D eigenvalue weighted by Gasteiger charge is -2.21. The highest BCUT2D eigenvalue weighted by molar-refractivity contribution is 9.10. The van der Waals surface area contributed by atoms with Gasteiger partial charge in [-0.05, 0) is 40.6 Å². The molecule has 1 aliphatic heterocycles. The zero-order chi connectivity index (χ0) is 22.8. The van der Waals surface area contributed by atoms with E-state index in [0.29, 0.717) is 11.9 Å². The van der Waals surface area contributed by atoms with Crippen LogP contribution in [0.5, 0.6) is 0 Å². The summed E-state index contributed by atoms with van der Waals surface area (Å²) in [6.07, 6.45) is -5.08. The van der Waals surface area contributed by atoms with Crippen molar-refractivity contribution in [2.75, 3.05) is 16.8 Å². The summed E-state index contributed by atoms with van der Waals surface area (Å²) in [7, 11) is 0. The van der Waals surface area contributed by atoms with Crippen LogP contribution in [0.3, 0.4) is 0 Å². The molecule has 1 unspecified atom stereocenters. The first-order chi connectivity index (χ1) is 14.6. The highest BCUT2D eigenvalue weighted by atomic mass is 79.9. The van der Waals surface area contributed by atoms with Crippen LogP contribution in [0, 0.1) is 5.41 Å². The van der Waals surface area contributed by atoms with Gasteiger partial charge in [0.1, 0.15) is 0 Å². The molecule has 1 heterocycles. The Morgan fingerprint density at radius 2 is 1.74 bits per heavy atom. The summed E-state index contributed by atoms with van der Waals surface area (Å²) >= 11 is 3.65. The van der Waals surface area contributed by atoms with Gasteiger partial charge < -0.3 is 15.3 Å². The van der Waals surface area contributed by atoms with Crippen molar-refractivity contribution in [1.29, 1.82) is 5.41 Å². The highest BCUT2D eigenvalue weighted by Gasteiger charge is 2.38. The van der Waals surface area contributed by atoms with Gasteiger partial charge in [0.05, 0.1) is 0 Å². The van der Waals surface area contributed by atoms with Crippen molar-refractivity contribution in [3.8, 4) is 0 Å². The van der Waals surface area contributed by atoms with Gasteiger partial charge in [0.2, 0.25) is 0 Å². The number of carboxylic acid groups (broad SMARTS) is 1. The van der Waals surface area contributed by atoms with Crippen LogP contribution in [0.15, 0.2) is 65.1 Å². The van der Waals surface area contributed by atoms with Crippen LogP contribution in [0.4, 0.5) is 24.5 Å². The molecule has 3 aromatic rings. The molecule has 0 aromatic heterocycles. The minimum Gasteiger partial charge on any atom is -0.475 e. The normalized spacial score (nSPS) is 15.1. The van der Waals surface area contributed by atoms with Crippen LogP contribution in [0.2, 0.25) is 0 Å². The number of alkyl halides is 3. The molecule has 0 amide bonds. The Balaban J connectivity index is 0.000000339. The van der Waals surface area contributed by atoms with Crippen LogP contribution in [0.25, 0.3) is 10.8 Å². The number of para-hydroxylation sites is 1. The highest BCUT2D eigenvalue weighted by Crippen LogP contribution is 2.42. The molecular weight excluding hydrogens is 475 g/mol. The minimum absolute atomic E-state index is 0.385. The van der Waals surface area contributed by atoms with E-state index in [-0.39, 0.29) is 0 Å². The topological polar surface area (TPSA) is 76.4 Å². The van der Waals surface area contributed by atoms with Crippen LogP contribution in [0.1, 0.15) is 18.4 Å². The smallest absolute Gasteiger partial charge is 0.475 e. The van der Waals surface area contributed by atoms with Crippen LogP contribution in [-0.4, -0.2) is 29.8 Å². The minimum atomic E-state index is -5.08. The van der Waals surface area contributed by atoms with Gasteiger partial charge in [-0.15, -0.1) is 0 Å². The third-order valence-corrected chi connectivity index (χ3v) is 5.51. The monoisotopic (exact) mass is 493 g/mol. The van der Waals surface area contributed by atoms with Crippen molar-refractivity contribution in [1.82, 2.24) is 0 Å². The Bertz CT molecular complexity index is 1120. The van der Waals surface area contributed by atoms with Crippen molar-refractivity contribution in [3.05, 3.63) is 70.7 Å². The number of rotatable bonds is 1. The number of fused-ring (bicyclic) bond motifs is 3. The molecule has 1 atom stereocenters. The maximum absolute atomic E-state index is 10.6. The van der Waals surface area contributed by atoms with E-state index >= 15 is 0 Å². The molecule has 31 heavy (non-hydrogen) atoms. The van der Waals surface area contributed by atoms with Gasteiger partial charge in [-0.25, -0.2) is 4.79 Å². The van der Waals surface area contributed by atoms with Crippen molar-refractivity contribution in [3.63, 3.8) is 0 Å². The van der Waals surface area contributed by atoms with E-state index in [0.717, 1.165) is 22.4 Å². The Hall–Kier alpha value is -3.07. The van der Waals surface area contributed by atoms with Crippen molar-refractivity contribution in [2.45, 2.75) is 19.0 Å². The van der Waals surface area contributed by atoms with Crippen molar-refractivity contribution < 1.29 is 23.1 Å². The molecule has 0 bridgehead atoms. The first-order valence-electron chi connectivity index (χ1n) is 9.29. The van der Waals surface area contributed by atoms with Gasteiger partial charge in [0.15, 0.2) is 5.96 Å². The predicted octanol–water partition coefficient (Wildman–Crippen LogP) is 6.21. The molecule has 9 heteroatoms. The lowest BCUT2D eigenvalue weighted by atomic mass is 9.96. The Morgan fingerprint density at radius 1 is 1.10 bits per heavy atom. The van der Waals surface area contributed by atoms with Crippen molar-refractivity contribution in [2.24, 2.45) is 0 Å². The molecule has 3 N–H and O–H groups in total. The van der Waals surface area contributed by atoms with E-state index in [1.54, 1.807) is 0 Å². The molecule has 162 valence electrons. The van der Waals surface area contributed by atoms with E-state index in [9.17, 15) is 13.2 Å². The maximum Gasteiger partial charge on any atom is 0.490 e. The average Bonchev–Trinajstić information content (AvgIpc) is 3.06. The zero-order valence-corrected chi connectivity index (χ0v) is 18.0. The quantitative estimate of drug-likeness (QED) is 0.278. The van der Waals surface area contributed by atoms with Gasteiger partial charge in [-0.2, -0.15) is 13.2 Å². The number of guanidine groups is 1. The number of nitrogens with one attached hydrogen (secondary N) is 2. The first kappa shape index (κ1) is 22.6. The molecule has 0 aliphatic carbocycles. The zero-order valence-electron chi connectivity index (χ0n) is 16.4. The van der Waals surface area contributed by atoms with Gasteiger partial charge in [-0.3, -0.25) is 5.41 Å². The largest absolute Gasteiger partial charge is 0.490 e. The summed E-state index contributed by atoms with van der Waals surface area (Å²) in [4.78, 5) is 11.0. The van der Waals surface area contributed by atoms with E-state index < -0.39 is 12.1 Å². The number of carboxylic acids is 1. The van der Waals surface area contributed by atoms with Gasteiger partial charge in [0, 0.05) is 28.3 Å². The molecule has 0 spiro atoms. The average molecular weight is 494 g/mol. The summed E-state index contributed by atoms with van der Waals surface area (Å²) in [5.41, 5.74) is 3.39. The first-order valence-corrected chi connectivity index (χ1v) is 10.1. The molecular formula is C22H19BrF3N3O2. The van der Waals surface area contributed by atoms with E-state index in [1.165, 1.54) is 16.3 Å². The molecule has 0 radical (unpaired) electrons. The third kappa shape index (κ3) is 4.99. The number of aliphatic carboxylic acids is 1. The molecule has 3 aromatic carbocycles. The Morgan fingerprint density at radius 3 is 2.35 bits per heavy atom. The second-order valence-electron chi connectivity index (χ2n) is 6.99. The standard InChI is InChI=1S/C20H18BrN3.C2HF3O2/c1-13-12-24(20(22)23-14-6-3-2-4-7-14)18-11-10-15-16(19(13)18)8-5-9-17(15)21;3-2(4,5)1(6)7/h2-11,13H,12H2,1H3,(H2,22,23);(H,6,7). The SMILES string of the molecule is CC1CN(C(=N)Nc2ccccc2)c2ccc3c(Br)cccc3c21.O=C(O)C(F)(F)F. The third-order valence-electron chi connectivity index (χ3n) is 4.82. The van der Waals surface area contributed by atoms with Crippen LogP contribution >= 0.6 is 15.9 Å². The number of anilines is 2. The number of carbonyl (C=O) groups is 1. The Labute approximate surface area is 185 Å². The fraction of sp³-hybridized carbons (Fsp3) is 0.182. The summed E-state index contributed by atoms with van der Waals surface area (Å²) in [5.74, 6) is -1.95. The van der Waals surface area contributed by atoms with E-state index in [4.69, 9.17) is 15.3 Å². The fourth-order valence-corrected chi connectivity index (χ4v) is 3.98. The molecule has 5 nitrogen and oxygen atoms in total. The molecule has 1 aliphatic rings. The summed E-state index contributed by atoms with van der Waals surface area (Å²) in [5, 5.41) is 21.3. The second kappa shape index (κ2) is 8.97. The number of nitrogens with zero attached hydrogens (tertiary/aromatic N) is 1. The van der Waals surface area contributed by atoms with Gasteiger partial charge >= 0.3 is 12.1 Å². The molecule has 0 saturated carbocycles.